The monoisotopic (exact) mass is 955 g/mol. The van der Waals surface area contributed by atoms with Crippen molar-refractivity contribution in [3.8, 4) is 0 Å². The fourth-order valence-electron chi connectivity index (χ4n) is 8.86. The van der Waals surface area contributed by atoms with E-state index in [1.54, 1.807) is 0 Å². The zero-order chi connectivity index (χ0) is 49.3. The van der Waals surface area contributed by atoms with E-state index in [2.05, 4.69) is 57.2 Å². The second-order valence-corrected chi connectivity index (χ2v) is 20.3. The lowest BCUT2D eigenvalue weighted by molar-refractivity contribution is -0.167. The largest absolute Gasteiger partial charge is 0.462 e. The minimum atomic E-state index is -0.770. The van der Waals surface area contributed by atoms with E-state index in [-0.39, 0.29) is 31.1 Å². The minimum absolute atomic E-state index is 0.0693. The van der Waals surface area contributed by atoms with Gasteiger partial charge in [-0.15, -0.1) is 0 Å². The number of hydrogen-bond acceptors (Lipinski definition) is 6. The zero-order valence-corrected chi connectivity index (χ0v) is 45.6. The van der Waals surface area contributed by atoms with Gasteiger partial charge in [0.1, 0.15) is 13.2 Å². The molecule has 0 N–H and O–H groups in total. The molecule has 6 nitrogen and oxygen atoms in total. The normalized spacial score (nSPS) is 12.2. The van der Waals surface area contributed by atoms with Gasteiger partial charge in [0.25, 0.3) is 0 Å². The average Bonchev–Trinajstić information content (AvgIpc) is 3.34. The molecule has 0 radical (unpaired) electrons. The van der Waals surface area contributed by atoms with Crippen molar-refractivity contribution >= 4 is 17.9 Å². The van der Waals surface area contributed by atoms with Crippen molar-refractivity contribution in [2.45, 2.75) is 329 Å². The highest BCUT2D eigenvalue weighted by molar-refractivity contribution is 5.71. The van der Waals surface area contributed by atoms with Crippen molar-refractivity contribution in [3.63, 3.8) is 0 Å². The van der Waals surface area contributed by atoms with Crippen LogP contribution in [0.4, 0.5) is 0 Å². The molecule has 0 saturated carbocycles. The van der Waals surface area contributed by atoms with Crippen LogP contribution in [-0.2, 0) is 28.6 Å². The SMILES string of the molecule is CCCCCCC/C=C\C/C=C\C/C=C\CCCCCCCCCCC(=O)OCC(COC(=O)CCCCCCCCCCCCCCC)OC(=O)CCCCCCCCCCCCCCCC. The molecule has 0 aliphatic carbocycles. The van der Waals surface area contributed by atoms with Gasteiger partial charge in [-0.3, -0.25) is 14.4 Å². The van der Waals surface area contributed by atoms with Crippen LogP contribution in [0.5, 0.6) is 0 Å². The summed E-state index contributed by atoms with van der Waals surface area (Å²) in [5.74, 6) is -0.857. The molecule has 0 aromatic rings. The molecular formula is C62H114O6. The summed E-state index contributed by atoms with van der Waals surface area (Å²) in [7, 11) is 0. The minimum Gasteiger partial charge on any atom is -0.462 e. The Labute approximate surface area is 423 Å². The van der Waals surface area contributed by atoms with Crippen LogP contribution in [0.15, 0.2) is 36.5 Å². The van der Waals surface area contributed by atoms with E-state index in [1.807, 2.05) is 0 Å². The van der Waals surface area contributed by atoms with Crippen LogP contribution in [0.3, 0.4) is 0 Å². The molecule has 0 aliphatic rings. The molecule has 0 rings (SSSR count). The predicted octanol–water partition coefficient (Wildman–Crippen LogP) is 20.0. The Bertz CT molecular complexity index is 1140. The quantitative estimate of drug-likeness (QED) is 0.0262. The second-order valence-electron chi connectivity index (χ2n) is 20.3. The molecule has 0 amide bonds. The van der Waals surface area contributed by atoms with Crippen molar-refractivity contribution in [1.82, 2.24) is 0 Å². The molecule has 0 aliphatic heterocycles. The number of hydrogen-bond donors (Lipinski definition) is 0. The van der Waals surface area contributed by atoms with Crippen molar-refractivity contribution in [1.29, 1.82) is 0 Å². The van der Waals surface area contributed by atoms with Gasteiger partial charge in [-0.25, -0.2) is 0 Å². The maximum Gasteiger partial charge on any atom is 0.306 e. The summed E-state index contributed by atoms with van der Waals surface area (Å²) in [6, 6.07) is 0. The summed E-state index contributed by atoms with van der Waals surface area (Å²) < 4.78 is 16.9. The maximum absolute atomic E-state index is 12.8. The third kappa shape index (κ3) is 54.6. The van der Waals surface area contributed by atoms with Crippen LogP contribution in [0.2, 0.25) is 0 Å². The van der Waals surface area contributed by atoms with Gasteiger partial charge < -0.3 is 14.2 Å². The van der Waals surface area contributed by atoms with Gasteiger partial charge >= 0.3 is 17.9 Å². The summed E-state index contributed by atoms with van der Waals surface area (Å²) in [5.41, 5.74) is 0. The Balaban J connectivity index is 4.29. The first-order valence-electron chi connectivity index (χ1n) is 30.0. The van der Waals surface area contributed by atoms with Crippen LogP contribution < -0.4 is 0 Å². The van der Waals surface area contributed by atoms with E-state index in [0.717, 1.165) is 77.0 Å². The van der Waals surface area contributed by atoms with Crippen molar-refractivity contribution in [2.24, 2.45) is 0 Å². The molecule has 398 valence electrons. The number of esters is 3. The number of ether oxygens (including phenoxy) is 3. The molecular weight excluding hydrogens is 841 g/mol. The number of carbonyl (C=O) groups excluding carboxylic acids is 3. The Kier molecular flexibility index (Phi) is 55.2. The Hall–Kier alpha value is -2.37. The van der Waals surface area contributed by atoms with Crippen LogP contribution in [0.25, 0.3) is 0 Å². The lowest BCUT2D eigenvalue weighted by Gasteiger charge is -2.18. The van der Waals surface area contributed by atoms with Crippen LogP contribution in [-0.4, -0.2) is 37.2 Å². The first-order valence-corrected chi connectivity index (χ1v) is 30.0. The number of carbonyl (C=O) groups is 3. The number of rotatable bonds is 55. The summed E-state index contributed by atoms with van der Waals surface area (Å²) >= 11 is 0. The summed E-state index contributed by atoms with van der Waals surface area (Å²) in [6.07, 6.45) is 68.5. The van der Waals surface area contributed by atoms with Crippen molar-refractivity contribution in [2.75, 3.05) is 13.2 Å². The molecule has 1 unspecified atom stereocenters. The first kappa shape index (κ1) is 65.6. The smallest absolute Gasteiger partial charge is 0.306 e. The highest BCUT2D eigenvalue weighted by Gasteiger charge is 2.19. The summed E-state index contributed by atoms with van der Waals surface area (Å²) in [6.45, 7) is 6.67. The van der Waals surface area contributed by atoms with Gasteiger partial charge in [-0.05, 0) is 57.8 Å². The van der Waals surface area contributed by atoms with E-state index in [4.69, 9.17) is 14.2 Å². The topological polar surface area (TPSA) is 78.9 Å². The third-order valence-electron chi connectivity index (χ3n) is 13.4. The first-order chi connectivity index (χ1) is 33.5. The Morgan fingerprint density at radius 2 is 0.529 bits per heavy atom. The molecule has 6 heteroatoms. The lowest BCUT2D eigenvalue weighted by atomic mass is 10.0. The third-order valence-corrected chi connectivity index (χ3v) is 13.4. The number of unbranched alkanes of at least 4 members (excludes halogenated alkanes) is 38. The molecule has 0 fully saturated rings. The maximum atomic E-state index is 12.8. The number of allylic oxidation sites excluding steroid dienone is 6. The molecule has 0 aromatic heterocycles. The average molecular weight is 956 g/mol. The molecule has 1 atom stereocenters. The van der Waals surface area contributed by atoms with Crippen LogP contribution >= 0.6 is 0 Å². The van der Waals surface area contributed by atoms with E-state index >= 15 is 0 Å². The van der Waals surface area contributed by atoms with Gasteiger partial charge in [-0.2, -0.15) is 0 Å². The Morgan fingerprint density at radius 3 is 0.824 bits per heavy atom. The highest BCUT2D eigenvalue weighted by Crippen LogP contribution is 2.17. The molecule has 0 saturated heterocycles. The van der Waals surface area contributed by atoms with E-state index in [9.17, 15) is 14.4 Å². The molecule has 0 bridgehead atoms. The van der Waals surface area contributed by atoms with Gasteiger partial charge in [0.15, 0.2) is 6.10 Å². The molecule has 68 heavy (non-hydrogen) atoms. The van der Waals surface area contributed by atoms with Crippen LogP contribution in [0.1, 0.15) is 323 Å². The summed E-state index contributed by atoms with van der Waals surface area (Å²) in [5, 5.41) is 0. The van der Waals surface area contributed by atoms with Gasteiger partial charge in [0, 0.05) is 19.3 Å². The zero-order valence-electron chi connectivity index (χ0n) is 45.6. The van der Waals surface area contributed by atoms with E-state index in [1.165, 1.54) is 205 Å². The van der Waals surface area contributed by atoms with Gasteiger partial charge in [-0.1, -0.05) is 282 Å². The molecule has 0 spiro atoms. The lowest BCUT2D eigenvalue weighted by Crippen LogP contribution is -2.30. The van der Waals surface area contributed by atoms with Gasteiger partial charge in [0.2, 0.25) is 0 Å². The predicted molar refractivity (Wildman–Crippen MR) is 293 cm³/mol. The molecule has 0 aromatic carbocycles. The molecule has 0 heterocycles. The van der Waals surface area contributed by atoms with E-state index < -0.39 is 6.10 Å². The summed E-state index contributed by atoms with van der Waals surface area (Å²) in [4.78, 5) is 38.2. The second kappa shape index (κ2) is 57.2. The Morgan fingerprint density at radius 1 is 0.294 bits per heavy atom. The van der Waals surface area contributed by atoms with Crippen molar-refractivity contribution in [3.05, 3.63) is 36.5 Å². The fourth-order valence-corrected chi connectivity index (χ4v) is 8.86. The van der Waals surface area contributed by atoms with E-state index in [0.29, 0.717) is 19.3 Å². The fraction of sp³-hybridized carbons (Fsp3) is 0.855. The van der Waals surface area contributed by atoms with Crippen molar-refractivity contribution < 1.29 is 28.6 Å². The van der Waals surface area contributed by atoms with Crippen LogP contribution in [0, 0.1) is 0 Å². The van der Waals surface area contributed by atoms with Gasteiger partial charge in [0.05, 0.1) is 0 Å². The highest BCUT2D eigenvalue weighted by atomic mass is 16.6. The standard InChI is InChI=1S/C62H114O6/c1-4-7-10-13-16-19-22-25-27-28-29-30-31-32-33-34-35-38-40-43-46-49-52-55-61(64)67-58-59(57-66-60(63)54-51-48-45-42-39-36-24-21-18-15-12-9-6-3)68-62(65)56-53-50-47-44-41-37-26-23-20-17-14-11-8-5-2/h22,25,28-29,31-32,59H,4-21,23-24,26-27,30,33-58H2,1-3H3/b25-22-,29-28-,32-31-.